The molecule has 1 aliphatic carbocycles. The second-order valence-corrected chi connectivity index (χ2v) is 6.99. The zero-order chi connectivity index (χ0) is 13.2. The fraction of sp³-hybridized carbons (Fsp3) is 0.643. The molecule has 1 aliphatic heterocycles. The smallest absolute Gasteiger partial charge is 0.239 e. The van der Waals surface area contributed by atoms with Gasteiger partial charge in [-0.05, 0) is 30.9 Å². The Labute approximate surface area is 118 Å². The highest BCUT2D eigenvalue weighted by Crippen LogP contribution is 2.31. The number of hydrogen-bond donors (Lipinski definition) is 1. The minimum atomic E-state index is 0.607. The molecule has 2 fully saturated rings. The van der Waals surface area contributed by atoms with Gasteiger partial charge < -0.3 is 15.4 Å². The lowest BCUT2D eigenvalue weighted by Crippen LogP contribution is -2.37. The van der Waals surface area contributed by atoms with Gasteiger partial charge in [0.2, 0.25) is 5.88 Å². The molecule has 2 aliphatic rings. The monoisotopic (exact) mass is 279 g/mol. The molecule has 0 spiro atoms. The van der Waals surface area contributed by atoms with Crippen molar-refractivity contribution in [1.82, 2.24) is 4.98 Å². The fourth-order valence-electron chi connectivity index (χ4n) is 2.24. The number of rotatable bonds is 4. The highest BCUT2D eigenvalue weighted by atomic mass is 32.2. The first kappa shape index (κ1) is 12.9. The molecule has 0 aromatic carbocycles. The quantitative estimate of drug-likeness (QED) is 0.917. The van der Waals surface area contributed by atoms with Crippen molar-refractivity contribution in [1.29, 1.82) is 0 Å². The molecule has 4 nitrogen and oxygen atoms in total. The summed E-state index contributed by atoms with van der Waals surface area (Å²) < 4.78 is 5.75. The summed E-state index contributed by atoms with van der Waals surface area (Å²) >= 11 is 2.02. The lowest BCUT2D eigenvalue weighted by atomic mass is 10.3. The SMILES string of the molecule is CC1CN(c2ccc(N)c(OCC3CC3)n2)CCS1. The van der Waals surface area contributed by atoms with E-state index in [0.29, 0.717) is 16.8 Å². The van der Waals surface area contributed by atoms with E-state index in [2.05, 4.69) is 16.8 Å². The molecule has 3 rings (SSSR count). The van der Waals surface area contributed by atoms with Gasteiger partial charge in [-0.15, -0.1) is 0 Å². The minimum absolute atomic E-state index is 0.607. The van der Waals surface area contributed by atoms with Crippen molar-refractivity contribution in [3.63, 3.8) is 0 Å². The van der Waals surface area contributed by atoms with Gasteiger partial charge in [0.1, 0.15) is 5.82 Å². The average Bonchev–Trinajstić information content (AvgIpc) is 3.22. The van der Waals surface area contributed by atoms with Crippen molar-refractivity contribution in [2.45, 2.75) is 25.0 Å². The molecular weight excluding hydrogens is 258 g/mol. The third kappa shape index (κ3) is 3.26. The first-order valence-electron chi connectivity index (χ1n) is 6.98. The van der Waals surface area contributed by atoms with Crippen LogP contribution in [0.5, 0.6) is 5.88 Å². The molecule has 104 valence electrons. The molecular formula is C14H21N3OS. The highest BCUT2D eigenvalue weighted by Gasteiger charge is 2.23. The lowest BCUT2D eigenvalue weighted by Gasteiger charge is -2.31. The van der Waals surface area contributed by atoms with Crippen LogP contribution >= 0.6 is 11.8 Å². The second-order valence-electron chi connectivity index (χ2n) is 5.45. The maximum Gasteiger partial charge on any atom is 0.239 e. The summed E-state index contributed by atoms with van der Waals surface area (Å²) in [5.74, 6) is 3.48. The van der Waals surface area contributed by atoms with E-state index in [1.807, 2.05) is 23.9 Å². The molecule has 0 bridgehead atoms. The Bertz CT molecular complexity index is 450. The number of pyridine rings is 1. The van der Waals surface area contributed by atoms with E-state index in [4.69, 9.17) is 10.5 Å². The molecule has 1 saturated carbocycles. The van der Waals surface area contributed by atoms with Crippen LogP contribution in [0.1, 0.15) is 19.8 Å². The summed E-state index contributed by atoms with van der Waals surface area (Å²) in [5.41, 5.74) is 6.59. The fourth-order valence-corrected chi connectivity index (χ4v) is 3.25. The maximum absolute atomic E-state index is 5.94. The van der Waals surface area contributed by atoms with Crippen LogP contribution in [0.2, 0.25) is 0 Å². The van der Waals surface area contributed by atoms with Crippen molar-refractivity contribution in [3.05, 3.63) is 12.1 Å². The molecule has 2 N–H and O–H groups in total. The van der Waals surface area contributed by atoms with E-state index in [1.54, 1.807) is 0 Å². The van der Waals surface area contributed by atoms with E-state index < -0.39 is 0 Å². The minimum Gasteiger partial charge on any atom is -0.476 e. The summed E-state index contributed by atoms with van der Waals surface area (Å²) in [6, 6.07) is 3.92. The maximum atomic E-state index is 5.94. The first-order valence-corrected chi connectivity index (χ1v) is 8.03. The Morgan fingerprint density at radius 3 is 3.05 bits per heavy atom. The van der Waals surface area contributed by atoms with Gasteiger partial charge in [-0.2, -0.15) is 16.7 Å². The third-order valence-corrected chi connectivity index (χ3v) is 4.73. The zero-order valence-corrected chi connectivity index (χ0v) is 12.2. The van der Waals surface area contributed by atoms with Gasteiger partial charge in [0.05, 0.1) is 12.3 Å². The Morgan fingerprint density at radius 2 is 2.32 bits per heavy atom. The predicted molar refractivity (Wildman–Crippen MR) is 81.0 cm³/mol. The zero-order valence-electron chi connectivity index (χ0n) is 11.3. The van der Waals surface area contributed by atoms with Crippen LogP contribution < -0.4 is 15.4 Å². The Hall–Kier alpha value is -1.10. The van der Waals surface area contributed by atoms with Gasteiger partial charge in [-0.25, -0.2) is 0 Å². The number of hydrogen-bond acceptors (Lipinski definition) is 5. The topological polar surface area (TPSA) is 51.4 Å². The van der Waals surface area contributed by atoms with Gasteiger partial charge in [0.15, 0.2) is 0 Å². The number of ether oxygens (including phenoxy) is 1. The molecule has 1 aromatic rings. The van der Waals surface area contributed by atoms with Crippen molar-refractivity contribution in [2.24, 2.45) is 5.92 Å². The van der Waals surface area contributed by atoms with E-state index in [1.165, 1.54) is 12.8 Å². The molecule has 0 radical (unpaired) electrons. The number of nitrogens with zero attached hydrogens (tertiary/aromatic N) is 2. The molecule has 1 aromatic heterocycles. The number of aromatic nitrogens is 1. The molecule has 1 atom stereocenters. The van der Waals surface area contributed by atoms with Crippen LogP contribution in [0, 0.1) is 5.92 Å². The lowest BCUT2D eigenvalue weighted by molar-refractivity contribution is 0.290. The molecule has 0 amide bonds. The Kier molecular flexibility index (Phi) is 3.73. The van der Waals surface area contributed by atoms with Gasteiger partial charge in [-0.3, -0.25) is 0 Å². The number of anilines is 2. The van der Waals surface area contributed by atoms with Gasteiger partial charge in [-0.1, -0.05) is 6.92 Å². The summed E-state index contributed by atoms with van der Waals surface area (Å²) in [4.78, 5) is 6.92. The summed E-state index contributed by atoms with van der Waals surface area (Å²) in [6.45, 7) is 5.11. The van der Waals surface area contributed by atoms with E-state index in [0.717, 1.165) is 37.2 Å². The van der Waals surface area contributed by atoms with Gasteiger partial charge >= 0.3 is 0 Å². The van der Waals surface area contributed by atoms with Crippen LogP contribution in [0.3, 0.4) is 0 Å². The van der Waals surface area contributed by atoms with Crippen molar-refractivity contribution in [3.8, 4) is 5.88 Å². The van der Waals surface area contributed by atoms with E-state index in [-0.39, 0.29) is 0 Å². The Morgan fingerprint density at radius 1 is 1.47 bits per heavy atom. The van der Waals surface area contributed by atoms with Crippen LogP contribution in [-0.4, -0.2) is 35.7 Å². The number of thioether (sulfide) groups is 1. The third-order valence-electron chi connectivity index (χ3n) is 3.59. The van der Waals surface area contributed by atoms with Gasteiger partial charge in [0.25, 0.3) is 0 Å². The van der Waals surface area contributed by atoms with E-state index >= 15 is 0 Å². The van der Waals surface area contributed by atoms with Crippen molar-refractivity contribution in [2.75, 3.05) is 36.1 Å². The molecule has 1 unspecified atom stereocenters. The number of nitrogen functional groups attached to an aromatic ring is 1. The van der Waals surface area contributed by atoms with Crippen molar-refractivity contribution >= 4 is 23.3 Å². The van der Waals surface area contributed by atoms with Crippen LogP contribution in [0.15, 0.2) is 12.1 Å². The van der Waals surface area contributed by atoms with Crippen LogP contribution in [0.25, 0.3) is 0 Å². The summed E-state index contributed by atoms with van der Waals surface area (Å²) in [7, 11) is 0. The Balaban J connectivity index is 1.71. The summed E-state index contributed by atoms with van der Waals surface area (Å²) in [5, 5.41) is 0.656. The average molecular weight is 279 g/mol. The predicted octanol–water partition coefficient (Wildman–Crippen LogP) is 2.39. The molecule has 2 heterocycles. The first-order chi connectivity index (χ1) is 9.22. The molecule has 19 heavy (non-hydrogen) atoms. The largest absolute Gasteiger partial charge is 0.476 e. The number of nitrogens with two attached hydrogens (primary N) is 1. The van der Waals surface area contributed by atoms with E-state index in [9.17, 15) is 0 Å². The van der Waals surface area contributed by atoms with Crippen LogP contribution in [0.4, 0.5) is 11.5 Å². The highest BCUT2D eigenvalue weighted by molar-refractivity contribution is 8.00. The van der Waals surface area contributed by atoms with Crippen molar-refractivity contribution < 1.29 is 4.74 Å². The standard InChI is InChI=1S/C14H21N3OS/c1-10-8-17(6-7-19-10)13-5-4-12(15)14(16-13)18-9-11-2-3-11/h4-5,10-11H,2-3,6-9,15H2,1H3. The second kappa shape index (κ2) is 5.49. The molecule has 1 saturated heterocycles. The van der Waals surface area contributed by atoms with Crippen LogP contribution in [-0.2, 0) is 0 Å². The van der Waals surface area contributed by atoms with Gasteiger partial charge in [0, 0.05) is 24.1 Å². The summed E-state index contributed by atoms with van der Waals surface area (Å²) in [6.07, 6.45) is 2.56. The normalized spacial score (nSPS) is 23.4. The molecule has 5 heteroatoms.